The van der Waals surface area contributed by atoms with Crippen molar-refractivity contribution in [3.05, 3.63) is 83.4 Å². The summed E-state index contributed by atoms with van der Waals surface area (Å²) in [5.41, 5.74) is 2.24. The Bertz CT molecular complexity index is 1020. The average Bonchev–Trinajstić information content (AvgIpc) is 3.49. The van der Waals surface area contributed by atoms with Gasteiger partial charge in [0.15, 0.2) is 5.78 Å². The van der Waals surface area contributed by atoms with Gasteiger partial charge in [-0.2, -0.15) is 0 Å². The van der Waals surface area contributed by atoms with Gasteiger partial charge >= 0.3 is 5.97 Å². The molecule has 1 unspecified atom stereocenters. The first-order chi connectivity index (χ1) is 16.0. The maximum atomic E-state index is 13.4. The lowest BCUT2D eigenvalue weighted by atomic mass is 9.75. The maximum Gasteiger partial charge on any atom is 0.337 e. The van der Waals surface area contributed by atoms with E-state index in [-0.39, 0.29) is 23.7 Å². The number of esters is 1. The zero-order valence-electron chi connectivity index (χ0n) is 19.2. The van der Waals surface area contributed by atoms with Gasteiger partial charge in [0.05, 0.1) is 24.1 Å². The second-order valence-electron chi connectivity index (χ2n) is 9.01. The predicted molar refractivity (Wildman–Crippen MR) is 127 cm³/mol. The topological polar surface area (TPSA) is 63.7 Å². The van der Waals surface area contributed by atoms with Gasteiger partial charge in [0.1, 0.15) is 0 Å². The molecule has 0 N–H and O–H groups in total. The standard InChI is InChI=1S/C28H31NO4/c1-33-27(32)22-11-9-21(10-12-22)17-20-29-24(14-16-26(29)31)13-15-25(30)28(18-5-6-19-28)23-7-3-2-4-8-23/h2-4,7-13,15,24H,5-6,14,16-20H2,1H3. The molecule has 1 heterocycles. The molecule has 0 bridgehead atoms. The van der Waals surface area contributed by atoms with Crippen LogP contribution in [0, 0.1) is 0 Å². The molecule has 2 aromatic carbocycles. The number of ether oxygens (including phenoxy) is 1. The molecule has 33 heavy (non-hydrogen) atoms. The van der Waals surface area contributed by atoms with Crippen LogP contribution in [0.25, 0.3) is 0 Å². The van der Waals surface area contributed by atoms with Gasteiger partial charge in [0.2, 0.25) is 5.91 Å². The Morgan fingerprint density at radius 2 is 1.76 bits per heavy atom. The van der Waals surface area contributed by atoms with Crippen molar-refractivity contribution in [3.63, 3.8) is 0 Å². The third-order valence-electron chi connectivity index (χ3n) is 7.12. The van der Waals surface area contributed by atoms with Crippen LogP contribution in [0.4, 0.5) is 0 Å². The number of nitrogens with zero attached hydrogens (tertiary/aromatic N) is 1. The maximum absolute atomic E-state index is 13.4. The molecule has 2 aromatic rings. The lowest BCUT2D eigenvalue weighted by Gasteiger charge is -2.27. The average molecular weight is 446 g/mol. The van der Waals surface area contributed by atoms with E-state index in [9.17, 15) is 14.4 Å². The summed E-state index contributed by atoms with van der Waals surface area (Å²) in [6, 6.07) is 17.3. The quantitative estimate of drug-likeness (QED) is 0.439. The fourth-order valence-corrected chi connectivity index (χ4v) is 5.19. The molecule has 2 aliphatic rings. The molecule has 172 valence electrons. The summed E-state index contributed by atoms with van der Waals surface area (Å²) in [5, 5.41) is 0. The molecule has 1 saturated heterocycles. The smallest absolute Gasteiger partial charge is 0.337 e. The second-order valence-corrected chi connectivity index (χ2v) is 9.01. The van der Waals surface area contributed by atoms with Crippen LogP contribution in [-0.2, 0) is 26.2 Å². The number of carbonyl (C=O) groups is 3. The highest BCUT2D eigenvalue weighted by molar-refractivity contribution is 5.99. The van der Waals surface area contributed by atoms with Crippen LogP contribution in [-0.4, -0.2) is 42.3 Å². The van der Waals surface area contributed by atoms with Crippen LogP contribution in [0.5, 0.6) is 0 Å². The molecular weight excluding hydrogens is 414 g/mol. The molecule has 5 nitrogen and oxygen atoms in total. The number of amides is 1. The summed E-state index contributed by atoms with van der Waals surface area (Å²) in [4.78, 5) is 39.4. The summed E-state index contributed by atoms with van der Waals surface area (Å²) >= 11 is 0. The molecule has 1 amide bonds. The van der Waals surface area contributed by atoms with E-state index in [0.717, 1.165) is 43.2 Å². The third-order valence-corrected chi connectivity index (χ3v) is 7.12. The van der Waals surface area contributed by atoms with Gasteiger partial charge in [-0.15, -0.1) is 0 Å². The fraction of sp³-hybridized carbons (Fsp3) is 0.393. The van der Waals surface area contributed by atoms with E-state index < -0.39 is 5.41 Å². The minimum Gasteiger partial charge on any atom is -0.465 e. The molecule has 1 saturated carbocycles. The van der Waals surface area contributed by atoms with Crippen LogP contribution in [0.15, 0.2) is 66.7 Å². The molecule has 5 heteroatoms. The zero-order chi connectivity index (χ0) is 23.3. The van der Waals surface area contributed by atoms with E-state index in [1.54, 1.807) is 18.2 Å². The number of ketones is 1. The number of allylic oxidation sites excluding steroid dienone is 1. The molecule has 1 aliphatic heterocycles. The van der Waals surface area contributed by atoms with Gasteiger partial charge in [0, 0.05) is 13.0 Å². The Hall–Kier alpha value is -3.21. The van der Waals surface area contributed by atoms with Crippen molar-refractivity contribution >= 4 is 17.7 Å². The molecule has 1 aliphatic carbocycles. The van der Waals surface area contributed by atoms with Gasteiger partial charge in [-0.3, -0.25) is 9.59 Å². The molecule has 1 atom stereocenters. The number of rotatable bonds is 8. The Labute approximate surface area is 195 Å². The first kappa shape index (κ1) is 23.0. The van der Waals surface area contributed by atoms with Crippen molar-refractivity contribution in [2.75, 3.05) is 13.7 Å². The van der Waals surface area contributed by atoms with E-state index in [4.69, 9.17) is 4.74 Å². The Kier molecular flexibility index (Phi) is 7.07. The third kappa shape index (κ3) is 4.92. The normalized spacial score (nSPS) is 19.8. The number of methoxy groups -OCH3 is 1. The van der Waals surface area contributed by atoms with Gasteiger partial charge in [0.25, 0.3) is 0 Å². The fourth-order valence-electron chi connectivity index (χ4n) is 5.19. The van der Waals surface area contributed by atoms with Gasteiger partial charge in [-0.25, -0.2) is 4.79 Å². The first-order valence-electron chi connectivity index (χ1n) is 11.8. The minimum atomic E-state index is -0.424. The summed E-state index contributed by atoms with van der Waals surface area (Å²) in [6.07, 6.45) is 9.52. The molecular formula is C28H31NO4. The molecule has 0 radical (unpaired) electrons. The summed E-state index contributed by atoms with van der Waals surface area (Å²) < 4.78 is 4.74. The summed E-state index contributed by atoms with van der Waals surface area (Å²) in [5.74, 6) is -0.0764. The van der Waals surface area contributed by atoms with E-state index in [1.165, 1.54) is 7.11 Å². The van der Waals surface area contributed by atoms with Crippen molar-refractivity contribution in [2.45, 2.75) is 56.4 Å². The van der Waals surface area contributed by atoms with Crippen molar-refractivity contribution in [3.8, 4) is 0 Å². The van der Waals surface area contributed by atoms with Crippen molar-refractivity contribution in [1.29, 1.82) is 0 Å². The van der Waals surface area contributed by atoms with E-state index in [2.05, 4.69) is 12.1 Å². The van der Waals surface area contributed by atoms with Gasteiger partial charge in [-0.1, -0.05) is 61.4 Å². The van der Waals surface area contributed by atoms with Crippen molar-refractivity contribution in [2.24, 2.45) is 0 Å². The SMILES string of the molecule is COC(=O)c1ccc(CCN2C(=O)CCC2C=CC(=O)C2(c3ccccc3)CCCC2)cc1. The monoisotopic (exact) mass is 445 g/mol. The van der Waals surface area contributed by atoms with Crippen LogP contribution < -0.4 is 0 Å². The summed E-state index contributed by atoms with van der Waals surface area (Å²) in [7, 11) is 1.36. The van der Waals surface area contributed by atoms with E-state index in [0.29, 0.717) is 24.9 Å². The Morgan fingerprint density at radius 3 is 2.42 bits per heavy atom. The zero-order valence-corrected chi connectivity index (χ0v) is 19.2. The number of hydrogen-bond acceptors (Lipinski definition) is 4. The Morgan fingerprint density at radius 1 is 1.06 bits per heavy atom. The number of likely N-dealkylation sites (tertiary alicyclic amines) is 1. The van der Waals surface area contributed by atoms with Crippen molar-refractivity contribution in [1.82, 2.24) is 4.90 Å². The minimum absolute atomic E-state index is 0.0509. The van der Waals surface area contributed by atoms with Crippen LogP contribution >= 0.6 is 0 Å². The molecule has 2 fully saturated rings. The molecule has 0 spiro atoms. The highest BCUT2D eigenvalue weighted by Crippen LogP contribution is 2.42. The molecule has 0 aromatic heterocycles. The number of benzene rings is 2. The lowest BCUT2D eigenvalue weighted by molar-refractivity contribution is -0.128. The predicted octanol–water partition coefficient (Wildman–Crippen LogP) is 4.64. The van der Waals surface area contributed by atoms with Crippen LogP contribution in [0.1, 0.15) is 60.0 Å². The van der Waals surface area contributed by atoms with E-state index in [1.807, 2.05) is 41.3 Å². The van der Waals surface area contributed by atoms with Gasteiger partial charge in [-0.05, 0) is 55.0 Å². The molecule has 4 rings (SSSR count). The Balaban J connectivity index is 1.42. The van der Waals surface area contributed by atoms with Crippen LogP contribution in [0.3, 0.4) is 0 Å². The van der Waals surface area contributed by atoms with Crippen molar-refractivity contribution < 1.29 is 19.1 Å². The lowest BCUT2D eigenvalue weighted by Crippen LogP contribution is -2.35. The second kappa shape index (κ2) is 10.2. The highest BCUT2D eigenvalue weighted by atomic mass is 16.5. The van der Waals surface area contributed by atoms with E-state index >= 15 is 0 Å². The number of hydrogen-bond donors (Lipinski definition) is 0. The summed E-state index contributed by atoms with van der Waals surface area (Å²) in [6.45, 7) is 0.587. The largest absolute Gasteiger partial charge is 0.465 e. The number of carbonyl (C=O) groups excluding carboxylic acids is 3. The first-order valence-corrected chi connectivity index (χ1v) is 11.8. The highest BCUT2D eigenvalue weighted by Gasteiger charge is 2.41. The van der Waals surface area contributed by atoms with Crippen LogP contribution in [0.2, 0.25) is 0 Å². The van der Waals surface area contributed by atoms with Gasteiger partial charge < -0.3 is 9.64 Å².